The number of nitrogens with zero attached hydrogens (tertiary/aromatic N) is 1. The molecule has 0 aliphatic rings. The van der Waals surface area contributed by atoms with Gasteiger partial charge in [0.25, 0.3) is 0 Å². The highest BCUT2D eigenvalue weighted by molar-refractivity contribution is 5.82. The molecule has 0 fully saturated rings. The van der Waals surface area contributed by atoms with E-state index in [0.717, 1.165) is 0 Å². The molecule has 1 aromatic rings. The summed E-state index contributed by atoms with van der Waals surface area (Å²) >= 11 is 0. The van der Waals surface area contributed by atoms with Gasteiger partial charge in [0.2, 0.25) is 5.91 Å². The van der Waals surface area contributed by atoms with Gasteiger partial charge in [-0.15, -0.1) is 0 Å². The number of carbonyl (C=O) groups is 2. The fourth-order valence-corrected chi connectivity index (χ4v) is 1.07. The highest BCUT2D eigenvalue weighted by Gasteiger charge is 2.20. The molecule has 0 saturated carbocycles. The van der Waals surface area contributed by atoms with E-state index in [9.17, 15) is 9.59 Å². The van der Waals surface area contributed by atoms with Crippen LogP contribution >= 0.6 is 0 Å². The van der Waals surface area contributed by atoms with E-state index in [1.54, 1.807) is 24.5 Å². The Hall–Kier alpha value is -1.78. The second-order valence-electron chi connectivity index (χ2n) is 2.65. The molecule has 0 aromatic carbocycles. The average Bonchev–Trinajstić information content (AvgIpc) is 2.50. The summed E-state index contributed by atoms with van der Waals surface area (Å²) in [5.74, 6) is -1.68. The molecule has 1 atom stereocenters. The summed E-state index contributed by atoms with van der Waals surface area (Å²) in [4.78, 5) is 21.3. The molecule has 0 aliphatic carbocycles. The van der Waals surface area contributed by atoms with Gasteiger partial charge in [-0.1, -0.05) is 0 Å². The molecule has 0 aliphatic heterocycles. The van der Waals surface area contributed by atoms with Crippen LogP contribution in [-0.2, 0) is 9.59 Å². The van der Waals surface area contributed by atoms with Gasteiger partial charge in [0.15, 0.2) is 0 Å². The summed E-state index contributed by atoms with van der Waals surface area (Å²) in [6, 6.07) is 2.49. The smallest absolute Gasteiger partial charge is 0.327 e. The first kappa shape index (κ1) is 9.31. The number of primary amides is 1. The van der Waals surface area contributed by atoms with Crippen LogP contribution < -0.4 is 5.73 Å². The zero-order chi connectivity index (χ0) is 9.84. The van der Waals surface area contributed by atoms with E-state index in [1.165, 1.54) is 4.57 Å². The summed E-state index contributed by atoms with van der Waals surface area (Å²) < 4.78 is 1.44. The number of carboxylic acid groups (broad SMARTS) is 1. The lowest BCUT2D eigenvalue weighted by Crippen LogP contribution is -2.24. The van der Waals surface area contributed by atoms with Gasteiger partial charge in [0, 0.05) is 12.4 Å². The van der Waals surface area contributed by atoms with Crippen LogP contribution in [0.2, 0.25) is 0 Å². The molecular formula is C8H10N2O3. The zero-order valence-electron chi connectivity index (χ0n) is 6.88. The fourth-order valence-electron chi connectivity index (χ4n) is 1.07. The predicted molar refractivity (Wildman–Crippen MR) is 44.9 cm³/mol. The summed E-state index contributed by atoms with van der Waals surface area (Å²) in [5.41, 5.74) is 4.92. The molecule has 0 radical (unpaired) electrons. The highest BCUT2D eigenvalue weighted by atomic mass is 16.4. The first-order chi connectivity index (χ1) is 6.11. The fraction of sp³-hybridized carbons (Fsp3) is 0.250. The second kappa shape index (κ2) is 3.75. The van der Waals surface area contributed by atoms with Crippen molar-refractivity contribution in [2.75, 3.05) is 0 Å². The van der Waals surface area contributed by atoms with Gasteiger partial charge < -0.3 is 15.4 Å². The van der Waals surface area contributed by atoms with Crippen LogP contribution in [0.5, 0.6) is 0 Å². The van der Waals surface area contributed by atoms with Gasteiger partial charge in [-0.3, -0.25) is 4.79 Å². The van der Waals surface area contributed by atoms with E-state index >= 15 is 0 Å². The first-order valence-corrected chi connectivity index (χ1v) is 3.75. The quantitative estimate of drug-likeness (QED) is 0.686. The summed E-state index contributed by atoms with van der Waals surface area (Å²) in [6.07, 6.45) is 2.98. The van der Waals surface area contributed by atoms with Gasteiger partial charge in [-0.05, 0) is 12.1 Å². The Morgan fingerprint density at radius 3 is 2.31 bits per heavy atom. The topological polar surface area (TPSA) is 85.3 Å². The monoisotopic (exact) mass is 182 g/mol. The van der Waals surface area contributed by atoms with Crippen molar-refractivity contribution in [2.45, 2.75) is 12.5 Å². The Morgan fingerprint density at radius 2 is 1.92 bits per heavy atom. The normalized spacial score (nSPS) is 12.3. The molecule has 1 rings (SSSR count). The van der Waals surface area contributed by atoms with Crippen molar-refractivity contribution in [1.82, 2.24) is 4.57 Å². The largest absolute Gasteiger partial charge is 0.480 e. The number of carbonyl (C=O) groups excluding carboxylic acids is 1. The lowest BCUT2D eigenvalue weighted by molar-refractivity contribution is -0.142. The molecule has 1 aromatic heterocycles. The molecule has 0 spiro atoms. The van der Waals surface area contributed by atoms with Crippen LogP contribution in [0, 0.1) is 0 Å². The van der Waals surface area contributed by atoms with Crippen molar-refractivity contribution in [1.29, 1.82) is 0 Å². The van der Waals surface area contributed by atoms with E-state index in [2.05, 4.69) is 0 Å². The summed E-state index contributed by atoms with van der Waals surface area (Å²) in [5, 5.41) is 8.77. The summed E-state index contributed by atoms with van der Waals surface area (Å²) in [6.45, 7) is 0. The van der Waals surface area contributed by atoms with Crippen molar-refractivity contribution >= 4 is 11.9 Å². The van der Waals surface area contributed by atoms with Crippen molar-refractivity contribution < 1.29 is 14.7 Å². The Bertz CT molecular complexity index is 305. The summed E-state index contributed by atoms with van der Waals surface area (Å²) in [7, 11) is 0. The third kappa shape index (κ3) is 2.33. The molecule has 1 heterocycles. The van der Waals surface area contributed by atoms with E-state index < -0.39 is 17.9 Å². The minimum atomic E-state index is -1.06. The maximum Gasteiger partial charge on any atom is 0.327 e. The first-order valence-electron chi connectivity index (χ1n) is 3.75. The van der Waals surface area contributed by atoms with Crippen LogP contribution in [0.4, 0.5) is 0 Å². The van der Waals surface area contributed by atoms with Crippen LogP contribution in [0.15, 0.2) is 24.5 Å². The maximum absolute atomic E-state index is 10.7. The Balaban J connectivity index is 2.81. The average molecular weight is 182 g/mol. The number of rotatable bonds is 4. The molecule has 5 nitrogen and oxygen atoms in total. The second-order valence-corrected chi connectivity index (χ2v) is 2.65. The van der Waals surface area contributed by atoms with Crippen molar-refractivity contribution in [3.8, 4) is 0 Å². The number of nitrogens with two attached hydrogens (primary N) is 1. The molecular weight excluding hydrogens is 172 g/mol. The number of hydrogen-bond donors (Lipinski definition) is 2. The molecule has 70 valence electrons. The number of aliphatic carboxylic acids is 1. The number of hydrogen-bond acceptors (Lipinski definition) is 2. The predicted octanol–water partition coefficient (Wildman–Crippen LogP) is -0.0108. The van der Waals surface area contributed by atoms with Crippen LogP contribution in [0.25, 0.3) is 0 Å². The van der Waals surface area contributed by atoms with Gasteiger partial charge in [0.05, 0.1) is 6.42 Å². The highest BCUT2D eigenvalue weighted by Crippen LogP contribution is 2.11. The minimum absolute atomic E-state index is 0.190. The van der Waals surface area contributed by atoms with E-state index in [1.807, 2.05) is 0 Å². The van der Waals surface area contributed by atoms with Crippen LogP contribution in [-0.4, -0.2) is 21.6 Å². The maximum atomic E-state index is 10.7. The van der Waals surface area contributed by atoms with Gasteiger partial charge in [0.1, 0.15) is 6.04 Å². The third-order valence-corrected chi connectivity index (χ3v) is 1.67. The standard InChI is InChI=1S/C8H10N2O3/c9-7(11)5-6(8(12)13)10-3-1-2-4-10/h1-4,6H,5H2,(H2,9,11)(H,12,13). The molecule has 1 amide bonds. The molecule has 3 N–H and O–H groups in total. The SMILES string of the molecule is NC(=O)CC(C(=O)O)n1cccc1. The molecule has 0 bridgehead atoms. The molecule has 13 heavy (non-hydrogen) atoms. The number of aromatic nitrogens is 1. The third-order valence-electron chi connectivity index (χ3n) is 1.67. The molecule has 5 heteroatoms. The minimum Gasteiger partial charge on any atom is -0.480 e. The lowest BCUT2D eigenvalue weighted by atomic mass is 10.2. The van der Waals surface area contributed by atoms with Crippen LogP contribution in [0.1, 0.15) is 12.5 Å². The van der Waals surface area contributed by atoms with Gasteiger partial charge in [-0.25, -0.2) is 4.79 Å². The van der Waals surface area contributed by atoms with Crippen LogP contribution in [0.3, 0.4) is 0 Å². The van der Waals surface area contributed by atoms with Crippen molar-refractivity contribution in [3.05, 3.63) is 24.5 Å². The van der Waals surface area contributed by atoms with Gasteiger partial charge >= 0.3 is 5.97 Å². The Morgan fingerprint density at radius 1 is 1.38 bits per heavy atom. The van der Waals surface area contributed by atoms with Gasteiger partial charge in [-0.2, -0.15) is 0 Å². The van der Waals surface area contributed by atoms with Crippen molar-refractivity contribution in [3.63, 3.8) is 0 Å². The van der Waals surface area contributed by atoms with E-state index in [0.29, 0.717) is 0 Å². The zero-order valence-corrected chi connectivity index (χ0v) is 6.88. The lowest BCUT2D eigenvalue weighted by Gasteiger charge is -2.11. The number of carboxylic acids is 1. The Labute approximate surface area is 74.8 Å². The molecule has 0 saturated heterocycles. The number of amides is 1. The van der Waals surface area contributed by atoms with E-state index in [4.69, 9.17) is 10.8 Å². The Kier molecular flexibility index (Phi) is 2.69. The molecule has 1 unspecified atom stereocenters. The van der Waals surface area contributed by atoms with E-state index in [-0.39, 0.29) is 6.42 Å². The van der Waals surface area contributed by atoms with Crippen molar-refractivity contribution in [2.24, 2.45) is 5.73 Å².